The van der Waals surface area contributed by atoms with Crippen LogP contribution in [0.3, 0.4) is 0 Å². The normalized spacial score (nSPS) is 10.8. The Hall–Kier alpha value is -1.59. The van der Waals surface area contributed by atoms with Crippen LogP contribution in [0.2, 0.25) is 0 Å². The first-order chi connectivity index (χ1) is 15.6. The van der Waals surface area contributed by atoms with Crippen LogP contribution in [-0.4, -0.2) is 30.8 Å². The average Bonchev–Trinajstić information content (AvgIpc) is 2.77. The summed E-state index contributed by atoms with van der Waals surface area (Å²) in [5.74, 6) is -0.546. The lowest BCUT2D eigenvalue weighted by atomic mass is 10.0. The monoisotopic (exact) mass is 453 g/mol. The van der Waals surface area contributed by atoms with E-state index in [9.17, 15) is 14.4 Å². The fourth-order valence-electron chi connectivity index (χ4n) is 3.83. The molecule has 3 amide bonds. The second-order valence-electron chi connectivity index (χ2n) is 9.10. The maximum absolute atomic E-state index is 11.8. The van der Waals surface area contributed by atoms with Crippen LogP contribution in [0.4, 0.5) is 0 Å². The van der Waals surface area contributed by atoms with E-state index in [0.717, 1.165) is 32.1 Å². The molecule has 188 valence electrons. The molecule has 0 unspecified atom stereocenters. The van der Waals surface area contributed by atoms with E-state index in [4.69, 9.17) is 5.73 Å². The van der Waals surface area contributed by atoms with Crippen molar-refractivity contribution in [2.75, 3.05) is 13.1 Å². The third kappa shape index (κ3) is 24.7. The summed E-state index contributed by atoms with van der Waals surface area (Å²) in [5.41, 5.74) is 4.97. The first kappa shape index (κ1) is 30.4. The van der Waals surface area contributed by atoms with Crippen molar-refractivity contribution < 1.29 is 14.4 Å². The van der Waals surface area contributed by atoms with Crippen LogP contribution in [-0.2, 0) is 14.4 Å². The van der Waals surface area contributed by atoms with Crippen molar-refractivity contribution in [3.63, 3.8) is 0 Å². The quantitative estimate of drug-likeness (QED) is 0.168. The Bertz CT molecular complexity index is 469. The summed E-state index contributed by atoms with van der Waals surface area (Å²) in [6, 6.07) is 0. The smallest absolute Gasteiger partial charge is 0.236 e. The number of amides is 3. The zero-order chi connectivity index (χ0) is 23.7. The fraction of sp³-hybridized carbons (Fsp3) is 0.885. The van der Waals surface area contributed by atoms with E-state index in [1.54, 1.807) is 0 Å². The number of carbonyl (C=O) groups excluding carboxylic acids is 3. The molecular weight excluding hydrogens is 402 g/mol. The molecule has 6 heteroatoms. The van der Waals surface area contributed by atoms with Crippen molar-refractivity contribution in [3.05, 3.63) is 0 Å². The molecule has 0 aromatic carbocycles. The molecule has 0 fully saturated rings. The van der Waals surface area contributed by atoms with Gasteiger partial charge in [-0.2, -0.15) is 0 Å². The van der Waals surface area contributed by atoms with E-state index in [0.29, 0.717) is 19.4 Å². The molecule has 0 aliphatic heterocycles. The van der Waals surface area contributed by atoms with Gasteiger partial charge in [0.1, 0.15) is 0 Å². The van der Waals surface area contributed by atoms with Gasteiger partial charge in [-0.05, 0) is 19.3 Å². The van der Waals surface area contributed by atoms with Crippen LogP contribution in [0.25, 0.3) is 0 Å². The molecule has 0 bridgehead atoms. The van der Waals surface area contributed by atoms with Crippen LogP contribution in [0.15, 0.2) is 0 Å². The van der Waals surface area contributed by atoms with Crippen molar-refractivity contribution in [3.8, 4) is 0 Å². The minimum atomic E-state index is -0.532. The number of unbranched alkanes of at least 4 members (excludes halogenated alkanes) is 16. The number of primary amides is 1. The predicted molar refractivity (Wildman–Crippen MR) is 133 cm³/mol. The molecule has 0 aliphatic carbocycles. The Morgan fingerprint density at radius 2 is 0.906 bits per heavy atom. The molecule has 4 N–H and O–H groups in total. The summed E-state index contributed by atoms with van der Waals surface area (Å²) in [4.78, 5) is 33.8. The molecule has 0 heterocycles. The van der Waals surface area contributed by atoms with Gasteiger partial charge in [-0.15, -0.1) is 0 Å². The van der Waals surface area contributed by atoms with Crippen LogP contribution in [0, 0.1) is 0 Å². The molecule has 0 aromatic heterocycles. The van der Waals surface area contributed by atoms with Crippen molar-refractivity contribution in [2.45, 2.75) is 135 Å². The molecule has 6 nitrogen and oxygen atoms in total. The van der Waals surface area contributed by atoms with Crippen LogP contribution >= 0.6 is 0 Å². The van der Waals surface area contributed by atoms with Gasteiger partial charge in [0, 0.05) is 19.4 Å². The highest BCUT2D eigenvalue weighted by Gasteiger charge is 2.03. The van der Waals surface area contributed by atoms with E-state index in [2.05, 4.69) is 17.6 Å². The van der Waals surface area contributed by atoms with Crippen molar-refractivity contribution in [1.29, 1.82) is 0 Å². The van der Waals surface area contributed by atoms with E-state index in [1.165, 1.54) is 83.5 Å². The van der Waals surface area contributed by atoms with Crippen molar-refractivity contribution >= 4 is 17.7 Å². The fourth-order valence-corrected chi connectivity index (χ4v) is 3.83. The van der Waals surface area contributed by atoms with Crippen LogP contribution < -0.4 is 16.4 Å². The van der Waals surface area contributed by atoms with E-state index < -0.39 is 5.91 Å². The summed E-state index contributed by atoms with van der Waals surface area (Å²) in [6.45, 7) is 2.83. The third-order valence-corrected chi connectivity index (χ3v) is 5.87. The number of nitrogens with one attached hydrogen (secondary N) is 2. The van der Waals surface area contributed by atoms with Gasteiger partial charge in [-0.25, -0.2) is 0 Å². The lowest BCUT2D eigenvalue weighted by Crippen LogP contribution is -2.33. The first-order valence-corrected chi connectivity index (χ1v) is 13.4. The summed E-state index contributed by atoms with van der Waals surface area (Å²) < 4.78 is 0. The molecule has 0 aliphatic rings. The minimum absolute atomic E-state index is 0.103. The van der Waals surface area contributed by atoms with Gasteiger partial charge in [0.15, 0.2) is 0 Å². The van der Waals surface area contributed by atoms with Gasteiger partial charge in [-0.3, -0.25) is 14.4 Å². The number of rotatable bonds is 24. The maximum atomic E-state index is 11.8. The van der Waals surface area contributed by atoms with Crippen molar-refractivity contribution in [1.82, 2.24) is 10.6 Å². The number of nitrogens with two attached hydrogens (primary N) is 1. The Morgan fingerprint density at radius 3 is 1.34 bits per heavy atom. The Morgan fingerprint density at radius 1 is 0.531 bits per heavy atom. The standard InChI is InChI=1S/C26H51N3O3/c1-2-3-4-5-6-7-8-9-10-11-12-13-14-15-17-20-25(31)28-22-19-16-18-21-26(32)29-23-24(27)30/h2-23H2,1H3,(H2,27,30)(H,28,31)(H,29,32). The Labute approximate surface area is 197 Å². The first-order valence-electron chi connectivity index (χ1n) is 13.4. The summed E-state index contributed by atoms with van der Waals surface area (Å²) in [5, 5.41) is 5.43. The average molecular weight is 454 g/mol. The second kappa shape index (κ2) is 24.1. The van der Waals surface area contributed by atoms with E-state index in [1.807, 2.05) is 0 Å². The zero-order valence-electron chi connectivity index (χ0n) is 20.9. The number of hydrogen-bond acceptors (Lipinski definition) is 3. The van der Waals surface area contributed by atoms with E-state index >= 15 is 0 Å². The lowest BCUT2D eigenvalue weighted by Gasteiger charge is -2.06. The Balaban J connectivity index is 3.24. The van der Waals surface area contributed by atoms with E-state index in [-0.39, 0.29) is 18.4 Å². The number of hydrogen-bond donors (Lipinski definition) is 3. The minimum Gasteiger partial charge on any atom is -0.368 e. The number of carbonyl (C=O) groups is 3. The maximum Gasteiger partial charge on any atom is 0.236 e. The summed E-state index contributed by atoms with van der Waals surface area (Å²) in [7, 11) is 0. The predicted octanol–water partition coefficient (Wildman–Crippen LogP) is 5.53. The molecule has 32 heavy (non-hydrogen) atoms. The second-order valence-corrected chi connectivity index (χ2v) is 9.10. The topological polar surface area (TPSA) is 101 Å². The Kier molecular flexibility index (Phi) is 22.9. The SMILES string of the molecule is CCCCCCCCCCCCCCCCCC(=O)NCCCCCC(=O)NCC(N)=O. The van der Waals surface area contributed by atoms with Gasteiger partial charge in [0.2, 0.25) is 17.7 Å². The summed E-state index contributed by atoms with van der Waals surface area (Å²) in [6.07, 6.45) is 23.5. The molecule has 0 aromatic rings. The van der Waals surface area contributed by atoms with Gasteiger partial charge in [0.05, 0.1) is 6.54 Å². The molecule has 0 saturated heterocycles. The molecule has 0 radical (unpaired) electrons. The molecular formula is C26H51N3O3. The van der Waals surface area contributed by atoms with Gasteiger partial charge in [-0.1, -0.05) is 103 Å². The lowest BCUT2D eigenvalue weighted by molar-refractivity contribution is -0.124. The van der Waals surface area contributed by atoms with Crippen molar-refractivity contribution in [2.24, 2.45) is 5.73 Å². The van der Waals surface area contributed by atoms with Gasteiger partial charge < -0.3 is 16.4 Å². The highest BCUT2D eigenvalue weighted by atomic mass is 16.2. The summed E-state index contributed by atoms with van der Waals surface area (Å²) >= 11 is 0. The molecule has 0 atom stereocenters. The van der Waals surface area contributed by atoms with Gasteiger partial charge in [0.25, 0.3) is 0 Å². The molecule has 0 saturated carbocycles. The third-order valence-electron chi connectivity index (χ3n) is 5.87. The zero-order valence-corrected chi connectivity index (χ0v) is 20.9. The van der Waals surface area contributed by atoms with Crippen LogP contribution in [0.1, 0.15) is 135 Å². The van der Waals surface area contributed by atoms with Crippen LogP contribution in [0.5, 0.6) is 0 Å². The largest absolute Gasteiger partial charge is 0.368 e. The highest BCUT2D eigenvalue weighted by molar-refractivity contribution is 5.83. The molecule has 0 spiro atoms. The highest BCUT2D eigenvalue weighted by Crippen LogP contribution is 2.13. The molecule has 0 rings (SSSR count). The van der Waals surface area contributed by atoms with Gasteiger partial charge >= 0.3 is 0 Å².